The molecule has 1 fully saturated rings. The molecule has 0 spiro atoms. The molecule has 90 valence electrons. The van der Waals surface area contributed by atoms with Crippen molar-refractivity contribution >= 4 is 0 Å². The lowest BCUT2D eigenvalue weighted by Crippen LogP contribution is -2.44. The van der Waals surface area contributed by atoms with Gasteiger partial charge in [0.1, 0.15) is 0 Å². The largest absolute Gasteiger partial charge is 0.316 e. The number of hydrogen-bond acceptors (Lipinski definition) is 2. The van der Waals surface area contributed by atoms with Gasteiger partial charge in [0.25, 0.3) is 0 Å². The van der Waals surface area contributed by atoms with E-state index in [0.717, 1.165) is 5.92 Å². The van der Waals surface area contributed by atoms with Crippen LogP contribution in [0, 0.1) is 11.3 Å². The van der Waals surface area contributed by atoms with Gasteiger partial charge in [-0.2, -0.15) is 0 Å². The Bertz CT molecular complexity index is 183. The zero-order valence-electron chi connectivity index (χ0n) is 11.1. The maximum atomic E-state index is 3.53. The fraction of sp³-hybridized carbons (Fsp3) is 1.00. The molecule has 1 N–H and O–H groups in total. The molecule has 0 aliphatic carbocycles. The van der Waals surface area contributed by atoms with E-state index in [1.54, 1.807) is 0 Å². The minimum Gasteiger partial charge on any atom is -0.316 e. The van der Waals surface area contributed by atoms with Crippen molar-refractivity contribution in [3.05, 3.63) is 0 Å². The normalized spacial score (nSPS) is 29.0. The van der Waals surface area contributed by atoms with Crippen LogP contribution in [0.3, 0.4) is 0 Å². The molecule has 1 heterocycles. The molecule has 15 heavy (non-hydrogen) atoms. The van der Waals surface area contributed by atoms with Crippen molar-refractivity contribution < 1.29 is 0 Å². The van der Waals surface area contributed by atoms with Crippen LogP contribution < -0.4 is 5.32 Å². The van der Waals surface area contributed by atoms with E-state index in [1.807, 2.05) is 0 Å². The molecule has 0 aromatic heterocycles. The molecule has 1 aliphatic heterocycles. The number of hydrogen-bond donors (Lipinski definition) is 1. The van der Waals surface area contributed by atoms with Gasteiger partial charge in [-0.05, 0) is 44.7 Å². The van der Waals surface area contributed by atoms with E-state index in [4.69, 9.17) is 0 Å². The highest BCUT2D eigenvalue weighted by atomic mass is 15.1. The van der Waals surface area contributed by atoms with Gasteiger partial charge in [-0.3, -0.25) is 0 Å². The molecule has 2 unspecified atom stereocenters. The van der Waals surface area contributed by atoms with Crippen LogP contribution in [0.4, 0.5) is 0 Å². The van der Waals surface area contributed by atoms with E-state index < -0.39 is 0 Å². The Morgan fingerprint density at radius 2 is 2.00 bits per heavy atom. The predicted octanol–water partition coefficient (Wildman–Crippen LogP) is 2.35. The third-order valence-corrected chi connectivity index (χ3v) is 4.41. The zero-order chi connectivity index (χ0) is 11.5. The van der Waals surface area contributed by atoms with Gasteiger partial charge < -0.3 is 10.2 Å². The summed E-state index contributed by atoms with van der Waals surface area (Å²) in [6.45, 7) is 13.0. The van der Waals surface area contributed by atoms with Crippen LogP contribution in [0.15, 0.2) is 0 Å². The lowest BCUT2D eigenvalue weighted by molar-refractivity contribution is 0.110. The molecule has 1 rings (SSSR count). The molecule has 2 atom stereocenters. The average Bonchev–Trinajstić information content (AvgIpc) is 2.66. The Labute approximate surface area is 95.4 Å². The molecule has 2 heteroatoms. The Morgan fingerprint density at radius 1 is 1.33 bits per heavy atom. The molecule has 0 amide bonds. The second-order valence-corrected chi connectivity index (χ2v) is 5.62. The van der Waals surface area contributed by atoms with Crippen LogP contribution in [0.25, 0.3) is 0 Å². The Hall–Kier alpha value is -0.0800. The quantitative estimate of drug-likeness (QED) is 0.752. The van der Waals surface area contributed by atoms with Crippen molar-refractivity contribution in [3.63, 3.8) is 0 Å². The third kappa shape index (κ3) is 2.94. The van der Waals surface area contributed by atoms with E-state index in [2.05, 4.69) is 45.0 Å². The molecule has 2 nitrogen and oxygen atoms in total. The molecule has 1 saturated heterocycles. The standard InChI is InChI=1S/C13H28N2/c1-6-12(4)15(5)10-13(11(2)3)7-8-14-9-13/h11-12,14H,6-10H2,1-5H3. The van der Waals surface area contributed by atoms with Crippen molar-refractivity contribution in [1.29, 1.82) is 0 Å². The highest BCUT2D eigenvalue weighted by molar-refractivity contribution is 4.92. The van der Waals surface area contributed by atoms with E-state index in [9.17, 15) is 0 Å². The first-order chi connectivity index (χ1) is 7.02. The lowest BCUT2D eigenvalue weighted by atomic mass is 9.76. The summed E-state index contributed by atoms with van der Waals surface area (Å²) in [5.41, 5.74) is 0.512. The predicted molar refractivity (Wildman–Crippen MR) is 67.1 cm³/mol. The fourth-order valence-corrected chi connectivity index (χ4v) is 2.54. The number of rotatable bonds is 5. The molecular formula is C13H28N2. The minimum absolute atomic E-state index is 0.512. The van der Waals surface area contributed by atoms with Crippen LogP contribution in [0.2, 0.25) is 0 Å². The lowest BCUT2D eigenvalue weighted by Gasteiger charge is -2.38. The van der Waals surface area contributed by atoms with Crippen LogP contribution in [0.1, 0.15) is 40.5 Å². The zero-order valence-corrected chi connectivity index (χ0v) is 11.1. The first kappa shape index (κ1) is 13.0. The summed E-state index contributed by atoms with van der Waals surface area (Å²) in [4.78, 5) is 2.53. The van der Waals surface area contributed by atoms with Crippen molar-refractivity contribution in [2.24, 2.45) is 11.3 Å². The van der Waals surface area contributed by atoms with Crippen LogP contribution in [0.5, 0.6) is 0 Å². The molecule has 0 aromatic rings. The SMILES string of the molecule is CCC(C)N(C)CC1(C(C)C)CCNC1. The summed E-state index contributed by atoms with van der Waals surface area (Å²) in [7, 11) is 2.27. The van der Waals surface area contributed by atoms with E-state index in [0.29, 0.717) is 11.5 Å². The number of nitrogens with zero attached hydrogens (tertiary/aromatic N) is 1. The molecule has 0 bridgehead atoms. The van der Waals surface area contributed by atoms with E-state index in [-0.39, 0.29) is 0 Å². The van der Waals surface area contributed by atoms with Crippen LogP contribution >= 0.6 is 0 Å². The van der Waals surface area contributed by atoms with Crippen molar-refractivity contribution in [2.45, 2.75) is 46.6 Å². The Morgan fingerprint density at radius 3 is 2.40 bits per heavy atom. The molecule has 0 aromatic carbocycles. The fourth-order valence-electron chi connectivity index (χ4n) is 2.54. The molecule has 0 radical (unpaired) electrons. The third-order valence-electron chi connectivity index (χ3n) is 4.41. The maximum absolute atomic E-state index is 3.53. The van der Waals surface area contributed by atoms with Crippen molar-refractivity contribution in [2.75, 3.05) is 26.7 Å². The maximum Gasteiger partial charge on any atom is 0.00615 e. The number of nitrogens with one attached hydrogen (secondary N) is 1. The van der Waals surface area contributed by atoms with Gasteiger partial charge in [-0.1, -0.05) is 20.8 Å². The van der Waals surface area contributed by atoms with Crippen LogP contribution in [-0.4, -0.2) is 37.6 Å². The summed E-state index contributed by atoms with van der Waals surface area (Å²) >= 11 is 0. The average molecular weight is 212 g/mol. The van der Waals surface area contributed by atoms with Gasteiger partial charge in [-0.25, -0.2) is 0 Å². The van der Waals surface area contributed by atoms with Crippen molar-refractivity contribution in [1.82, 2.24) is 10.2 Å². The van der Waals surface area contributed by atoms with Gasteiger partial charge in [0, 0.05) is 19.1 Å². The molecule has 1 aliphatic rings. The van der Waals surface area contributed by atoms with Crippen molar-refractivity contribution in [3.8, 4) is 0 Å². The topological polar surface area (TPSA) is 15.3 Å². The Kier molecular flexibility index (Phi) is 4.60. The first-order valence-corrected chi connectivity index (χ1v) is 6.43. The second-order valence-electron chi connectivity index (χ2n) is 5.62. The second kappa shape index (κ2) is 5.31. The van der Waals surface area contributed by atoms with E-state index >= 15 is 0 Å². The van der Waals surface area contributed by atoms with E-state index in [1.165, 1.54) is 32.5 Å². The summed E-state index contributed by atoms with van der Waals surface area (Å²) in [6.07, 6.45) is 2.59. The summed E-state index contributed by atoms with van der Waals surface area (Å²) in [6, 6.07) is 0.709. The van der Waals surface area contributed by atoms with Gasteiger partial charge in [0.05, 0.1) is 0 Å². The molecular weight excluding hydrogens is 184 g/mol. The van der Waals surface area contributed by atoms with Gasteiger partial charge >= 0.3 is 0 Å². The van der Waals surface area contributed by atoms with Crippen LogP contribution in [-0.2, 0) is 0 Å². The highest BCUT2D eigenvalue weighted by Crippen LogP contribution is 2.35. The summed E-state index contributed by atoms with van der Waals surface area (Å²) in [5.74, 6) is 0.777. The van der Waals surface area contributed by atoms with Gasteiger partial charge in [-0.15, -0.1) is 0 Å². The minimum atomic E-state index is 0.512. The van der Waals surface area contributed by atoms with Gasteiger partial charge in [0.15, 0.2) is 0 Å². The Balaban J connectivity index is 2.59. The summed E-state index contributed by atoms with van der Waals surface area (Å²) < 4.78 is 0. The smallest absolute Gasteiger partial charge is 0.00615 e. The first-order valence-electron chi connectivity index (χ1n) is 6.43. The summed E-state index contributed by atoms with van der Waals surface area (Å²) in [5, 5.41) is 3.53. The molecule has 0 saturated carbocycles. The highest BCUT2D eigenvalue weighted by Gasteiger charge is 2.38. The monoisotopic (exact) mass is 212 g/mol. The van der Waals surface area contributed by atoms with Gasteiger partial charge in [0.2, 0.25) is 0 Å².